The molecule has 0 spiro atoms. The van der Waals surface area contributed by atoms with Gasteiger partial charge in [0.25, 0.3) is 11.5 Å². The summed E-state index contributed by atoms with van der Waals surface area (Å²) >= 11 is 0. The van der Waals surface area contributed by atoms with Gasteiger partial charge < -0.3 is 15.0 Å². The van der Waals surface area contributed by atoms with Crippen molar-refractivity contribution in [1.82, 2.24) is 14.9 Å². The molecule has 0 bridgehead atoms. The Morgan fingerprint density at radius 3 is 2.67 bits per heavy atom. The predicted octanol–water partition coefficient (Wildman–Crippen LogP) is 0.799. The first-order valence-electron chi connectivity index (χ1n) is 7.55. The molecule has 2 unspecified atom stereocenters. The van der Waals surface area contributed by atoms with Gasteiger partial charge in [-0.15, -0.1) is 0 Å². The molecule has 1 amide bonds. The number of aliphatic hydroxyl groups is 1. The SMILES string of the molecule is Cc1nc(C2CC2)[nH]c(=O)c1C(=O)N1CCC(C(C)O)C1. The smallest absolute Gasteiger partial charge is 0.264 e. The van der Waals surface area contributed by atoms with Crippen molar-refractivity contribution in [1.29, 1.82) is 0 Å². The van der Waals surface area contributed by atoms with Gasteiger partial charge in [0.15, 0.2) is 0 Å². The molecule has 2 fully saturated rings. The lowest BCUT2D eigenvalue weighted by Gasteiger charge is -2.18. The Kier molecular flexibility index (Phi) is 3.57. The molecule has 6 nitrogen and oxygen atoms in total. The maximum absolute atomic E-state index is 12.5. The van der Waals surface area contributed by atoms with Crippen LogP contribution in [0.25, 0.3) is 0 Å². The maximum atomic E-state index is 12.5. The summed E-state index contributed by atoms with van der Waals surface area (Å²) in [7, 11) is 0. The summed E-state index contributed by atoms with van der Waals surface area (Å²) in [5, 5.41) is 9.62. The molecule has 0 aromatic carbocycles. The third kappa shape index (κ3) is 2.72. The summed E-state index contributed by atoms with van der Waals surface area (Å²) in [6.45, 7) is 4.54. The van der Waals surface area contributed by atoms with Gasteiger partial charge in [-0.05, 0) is 33.1 Å². The van der Waals surface area contributed by atoms with Gasteiger partial charge >= 0.3 is 0 Å². The molecule has 6 heteroatoms. The van der Waals surface area contributed by atoms with Crippen LogP contribution in [0, 0.1) is 12.8 Å². The minimum atomic E-state index is -0.433. The Morgan fingerprint density at radius 2 is 2.14 bits per heavy atom. The van der Waals surface area contributed by atoms with Gasteiger partial charge in [0.2, 0.25) is 0 Å². The molecule has 1 aromatic rings. The van der Waals surface area contributed by atoms with Gasteiger partial charge in [0.1, 0.15) is 11.4 Å². The van der Waals surface area contributed by atoms with Crippen molar-refractivity contribution in [3.63, 3.8) is 0 Å². The Morgan fingerprint density at radius 1 is 1.43 bits per heavy atom. The lowest BCUT2D eigenvalue weighted by Crippen LogP contribution is -2.35. The van der Waals surface area contributed by atoms with Gasteiger partial charge in [-0.3, -0.25) is 9.59 Å². The minimum absolute atomic E-state index is 0.0898. The van der Waals surface area contributed by atoms with Crippen molar-refractivity contribution in [2.24, 2.45) is 5.92 Å². The average molecular weight is 291 g/mol. The van der Waals surface area contributed by atoms with Crippen LogP contribution >= 0.6 is 0 Å². The fraction of sp³-hybridized carbons (Fsp3) is 0.667. The minimum Gasteiger partial charge on any atom is -0.393 e. The second kappa shape index (κ2) is 5.26. The van der Waals surface area contributed by atoms with Gasteiger partial charge in [-0.1, -0.05) is 0 Å². The van der Waals surface area contributed by atoms with Gasteiger partial charge in [0.05, 0.1) is 11.8 Å². The molecule has 0 radical (unpaired) electrons. The van der Waals surface area contributed by atoms with Crippen LogP contribution in [0.15, 0.2) is 4.79 Å². The van der Waals surface area contributed by atoms with Gasteiger partial charge in [-0.2, -0.15) is 0 Å². The maximum Gasteiger partial charge on any atom is 0.264 e. The largest absolute Gasteiger partial charge is 0.393 e. The monoisotopic (exact) mass is 291 g/mol. The Balaban J connectivity index is 1.83. The van der Waals surface area contributed by atoms with E-state index in [1.54, 1.807) is 18.7 Å². The van der Waals surface area contributed by atoms with Gasteiger partial charge in [0, 0.05) is 24.9 Å². The van der Waals surface area contributed by atoms with E-state index in [2.05, 4.69) is 9.97 Å². The molecule has 1 aliphatic carbocycles. The first-order valence-corrected chi connectivity index (χ1v) is 7.55. The van der Waals surface area contributed by atoms with Crippen LogP contribution in [-0.2, 0) is 0 Å². The van der Waals surface area contributed by atoms with Crippen molar-refractivity contribution in [3.8, 4) is 0 Å². The van der Waals surface area contributed by atoms with Crippen LogP contribution in [0.4, 0.5) is 0 Å². The van der Waals surface area contributed by atoms with E-state index >= 15 is 0 Å². The lowest BCUT2D eigenvalue weighted by molar-refractivity contribution is 0.0759. The number of aryl methyl sites for hydroxylation is 1. The second-order valence-electron chi connectivity index (χ2n) is 6.23. The molecular formula is C15H21N3O3. The lowest BCUT2D eigenvalue weighted by atomic mass is 10.0. The summed E-state index contributed by atoms with van der Waals surface area (Å²) in [6.07, 6.45) is 2.45. The molecule has 3 rings (SSSR count). The zero-order valence-electron chi connectivity index (χ0n) is 12.4. The number of hydrogen-bond acceptors (Lipinski definition) is 4. The molecule has 1 aromatic heterocycles. The third-order valence-corrected chi connectivity index (χ3v) is 4.49. The summed E-state index contributed by atoms with van der Waals surface area (Å²) in [4.78, 5) is 33.5. The molecular weight excluding hydrogens is 270 g/mol. The van der Waals surface area contributed by atoms with E-state index in [1.165, 1.54) is 0 Å². The number of aliphatic hydroxyl groups excluding tert-OH is 1. The van der Waals surface area contributed by atoms with Crippen LogP contribution in [-0.4, -0.2) is 45.1 Å². The second-order valence-corrected chi connectivity index (χ2v) is 6.23. The van der Waals surface area contributed by atoms with Crippen LogP contribution in [0.2, 0.25) is 0 Å². The summed E-state index contributed by atoms with van der Waals surface area (Å²) < 4.78 is 0. The van der Waals surface area contributed by atoms with Crippen LogP contribution in [0.5, 0.6) is 0 Å². The fourth-order valence-electron chi connectivity index (χ4n) is 2.93. The number of rotatable bonds is 3. The highest BCUT2D eigenvalue weighted by Gasteiger charge is 2.33. The zero-order valence-corrected chi connectivity index (χ0v) is 12.4. The molecule has 2 aliphatic rings. The highest BCUT2D eigenvalue weighted by atomic mass is 16.3. The quantitative estimate of drug-likeness (QED) is 0.862. The number of aromatic amines is 1. The topological polar surface area (TPSA) is 86.3 Å². The Labute approximate surface area is 123 Å². The third-order valence-electron chi connectivity index (χ3n) is 4.49. The number of amides is 1. The Bertz CT molecular complexity index is 619. The number of hydrogen-bond donors (Lipinski definition) is 2. The zero-order chi connectivity index (χ0) is 15.1. The predicted molar refractivity (Wildman–Crippen MR) is 77.3 cm³/mol. The number of H-pyrrole nitrogens is 1. The Hall–Kier alpha value is -1.69. The molecule has 114 valence electrons. The van der Waals surface area contributed by atoms with E-state index < -0.39 is 6.10 Å². The summed E-state index contributed by atoms with van der Waals surface area (Å²) in [6, 6.07) is 0. The fourth-order valence-corrected chi connectivity index (χ4v) is 2.93. The van der Waals surface area contributed by atoms with E-state index in [4.69, 9.17) is 0 Å². The number of nitrogens with zero attached hydrogens (tertiary/aromatic N) is 2. The number of nitrogens with one attached hydrogen (secondary N) is 1. The van der Waals surface area contributed by atoms with E-state index in [9.17, 15) is 14.7 Å². The van der Waals surface area contributed by atoms with Gasteiger partial charge in [-0.25, -0.2) is 4.98 Å². The average Bonchev–Trinajstić information content (AvgIpc) is 3.14. The first kappa shape index (κ1) is 14.3. The number of carbonyl (C=O) groups is 1. The van der Waals surface area contributed by atoms with Crippen molar-refractivity contribution in [2.75, 3.05) is 13.1 Å². The van der Waals surface area contributed by atoms with Crippen molar-refractivity contribution >= 4 is 5.91 Å². The molecule has 2 N–H and O–H groups in total. The van der Waals surface area contributed by atoms with E-state index in [0.717, 1.165) is 19.3 Å². The van der Waals surface area contributed by atoms with Crippen LogP contribution < -0.4 is 5.56 Å². The van der Waals surface area contributed by atoms with Crippen LogP contribution in [0.1, 0.15) is 54.0 Å². The molecule has 2 atom stereocenters. The highest BCUT2D eigenvalue weighted by molar-refractivity contribution is 5.95. The van der Waals surface area contributed by atoms with E-state index in [1.807, 2.05) is 0 Å². The number of aromatic nitrogens is 2. The number of carbonyl (C=O) groups excluding carboxylic acids is 1. The molecule has 2 heterocycles. The summed E-state index contributed by atoms with van der Waals surface area (Å²) in [5.74, 6) is 0.878. The van der Waals surface area contributed by atoms with Crippen LogP contribution in [0.3, 0.4) is 0 Å². The van der Waals surface area contributed by atoms with E-state index in [0.29, 0.717) is 30.5 Å². The van der Waals surface area contributed by atoms with E-state index in [-0.39, 0.29) is 22.9 Å². The highest BCUT2D eigenvalue weighted by Crippen LogP contribution is 2.37. The summed E-state index contributed by atoms with van der Waals surface area (Å²) in [5.41, 5.74) is 0.312. The molecule has 1 aliphatic heterocycles. The molecule has 1 saturated heterocycles. The molecule has 21 heavy (non-hydrogen) atoms. The normalized spacial score (nSPS) is 23.4. The van der Waals surface area contributed by atoms with Crippen molar-refractivity contribution in [2.45, 2.75) is 45.1 Å². The number of likely N-dealkylation sites (tertiary alicyclic amines) is 1. The first-order chi connectivity index (χ1) is 9.97. The molecule has 1 saturated carbocycles. The van der Waals surface area contributed by atoms with Crippen molar-refractivity contribution < 1.29 is 9.90 Å². The standard InChI is InChI=1S/C15H21N3O3/c1-8-12(14(20)17-13(16-8)10-3-4-10)15(21)18-6-5-11(7-18)9(2)19/h9-11,19H,3-7H2,1-2H3,(H,16,17,20). The van der Waals surface area contributed by atoms with Crippen molar-refractivity contribution in [3.05, 3.63) is 27.4 Å².